The van der Waals surface area contributed by atoms with Crippen LogP contribution in [-0.4, -0.2) is 87.4 Å². The number of carbonyl (C=O) groups excluding carboxylic acids is 2. The molecule has 2 saturated heterocycles. The molecule has 260 valence electrons. The van der Waals surface area contributed by atoms with E-state index in [-0.39, 0.29) is 36.0 Å². The minimum atomic E-state index is -0.727. The standard InChI is InChI=1S/C34H46F2N8O4/c1-9-44(22-10-12-42(13-11-22)31-40-29(41-48-31)33(3,4)5)28(45)21-16-37-30(38-17-21)43-18-24(23-14-20(2)25(35)15-26(23)36)27(19-43)39-32(46)47-34(6,7)8/h14-17,22,24,27H,9-13,18-19H2,1-8H3,(H,39,46)/t24-,27+/m1/s1. The van der Waals surface area contributed by atoms with E-state index in [2.05, 4.69) is 30.3 Å². The lowest BCUT2D eigenvalue weighted by atomic mass is 9.92. The number of nitrogens with one attached hydrogen (secondary N) is 1. The van der Waals surface area contributed by atoms with Crippen LogP contribution in [0.25, 0.3) is 0 Å². The van der Waals surface area contributed by atoms with Crippen molar-refractivity contribution in [1.82, 2.24) is 30.3 Å². The molecule has 1 N–H and O–H groups in total. The molecule has 3 aromatic rings. The number of rotatable bonds is 7. The van der Waals surface area contributed by atoms with Gasteiger partial charge in [-0.25, -0.2) is 23.5 Å². The van der Waals surface area contributed by atoms with Crippen molar-refractivity contribution in [3.8, 4) is 0 Å². The average molecular weight is 669 g/mol. The molecule has 1 aromatic carbocycles. The summed E-state index contributed by atoms with van der Waals surface area (Å²) in [5, 5.41) is 6.99. The lowest BCUT2D eigenvalue weighted by molar-refractivity contribution is 0.0504. The number of aryl methyl sites for hydroxylation is 1. The molecule has 0 aliphatic carbocycles. The molecule has 0 bridgehead atoms. The Morgan fingerprint density at radius 2 is 1.69 bits per heavy atom. The first-order valence-electron chi connectivity index (χ1n) is 16.5. The van der Waals surface area contributed by atoms with Crippen LogP contribution >= 0.6 is 0 Å². The molecule has 2 aromatic heterocycles. The predicted octanol–water partition coefficient (Wildman–Crippen LogP) is 5.37. The lowest BCUT2D eigenvalue weighted by Gasteiger charge is -2.37. The molecule has 48 heavy (non-hydrogen) atoms. The van der Waals surface area contributed by atoms with Crippen molar-refractivity contribution in [2.24, 2.45) is 0 Å². The number of hydrogen-bond donors (Lipinski definition) is 1. The highest BCUT2D eigenvalue weighted by Gasteiger charge is 2.39. The molecule has 2 atom stereocenters. The van der Waals surface area contributed by atoms with Gasteiger partial charge in [0, 0.05) is 68.6 Å². The second-order valence-electron chi connectivity index (χ2n) is 14.6. The third kappa shape index (κ3) is 7.84. The summed E-state index contributed by atoms with van der Waals surface area (Å²) >= 11 is 0. The Morgan fingerprint density at radius 1 is 1.02 bits per heavy atom. The molecule has 2 amide bonds. The van der Waals surface area contributed by atoms with Crippen LogP contribution in [0.2, 0.25) is 0 Å². The van der Waals surface area contributed by atoms with E-state index in [9.17, 15) is 14.0 Å². The van der Waals surface area contributed by atoms with Crippen LogP contribution in [0.1, 0.15) is 94.5 Å². The van der Waals surface area contributed by atoms with E-state index in [1.165, 1.54) is 18.5 Å². The van der Waals surface area contributed by atoms with Crippen LogP contribution in [-0.2, 0) is 10.2 Å². The van der Waals surface area contributed by atoms with Crippen molar-refractivity contribution in [2.45, 2.75) is 97.2 Å². The number of hydrogen-bond acceptors (Lipinski definition) is 10. The first-order valence-corrected chi connectivity index (χ1v) is 16.5. The highest BCUT2D eigenvalue weighted by atomic mass is 19.1. The third-order valence-corrected chi connectivity index (χ3v) is 8.73. The number of alkyl carbamates (subject to hydrolysis) is 1. The largest absolute Gasteiger partial charge is 0.444 e. The van der Waals surface area contributed by atoms with Gasteiger partial charge >= 0.3 is 12.1 Å². The van der Waals surface area contributed by atoms with Crippen LogP contribution in [0.4, 0.5) is 25.5 Å². The van der Waals surface area contributed by atoms with Gasteiger partial charge in [0.1, 0.15) is 17.2 Å². The number of anilines is 2. The number of benzene rings is 1. The summed E-state index contributed by atoms with van der Waals surface area (Å²) in [7, 11) is 0. The van der Waals surface area contributed by atoms with Crippen molar-refractivity contribution >= 4 is 24.0 Å². The highest BCUT2D eigenvalue weighted by molar-refractivity contribution is 5.94. The number of halogens is 2. The third-order valence-electron chi connectivity index (χ3n) is 8.73. The SMILES string of the molecule is CCN(C(=O)c1cnc(N2C[C@H](NC(=O)OC(C)(C)C)[C@@H](c3cc(C)c(F)cc3F)C2)nc1)C1CCN(c2nc(C(C)(C)C)no2)CC1. The van der Waals surface area contributed by atoms with E-state index < -0.39 is 35.3 Å². The molecule has 4 heterocycles. The maximum Gasteiger partial charge on any atom is 0.407 e. The second kappa shape index (κ2) is 13.6. The monoisotopic (exact) mass is 668 g/mol. The molecule has 0 unspecified atom stereocenters. The first kappa shape index (κ1) is 35.0. The lowest BCUT2D eigenvalue weighted by Crippen LogP contribution is -2.47. The molecular formula is C34H46F2N8O4. The van der Waals surface area contributed by atoms with Crippen molar-refractivity contribution in [3.05, 3.63) is 58.7 Å². The quantitative estimate of drug-likeness (QED) is 0.351. The zero-order valence-corrected chi connectivity index (χ0v) is 29.0. The fourth-order valence-corrected chi connectivity index (χ4v) is 6.20. The van der Waals surface area contributed by atoms with Gasteiger partial charge in [-0.1, -0.05) is 25.9 Å². The Morgan fingerprint density at radius 3 is 2.27 bits per heavy atom. The minimum absolute atomic E-state index is 0.0246. The zero-order valence-electron chi connectivity index (χ0n) is 29.0. The maximum atomic E-state index is 15.1. The number of ether oxygens (including phenoxy) is 1. The van der Waals surface area contributed by atoms with E-state index in [1.54, 1.807) is 27.7 Å². The van der Waals surface area contributed by atoms with E-state index in [0.29, 0.717) is 48.5 Å². The van der Waals surface area contributed by atoms with Gasteiger partial charge in [0.2, 0.25) is 5.95 Å². The van der Waals surface area contributed by atoms with Gasteiger partial charge in [-0.3, -0.25) is 4.79 Å². The van der Waals surface area contributed by atoms with Crippen LogP contribution in [0.3, 0.4) is 0 Å². The zero-order chi connectivity index (χ0) is 35.0. The van der Waals surface area contributed by atoms with E-state index in [0.717, 1.165) is 18.9 Å². The number of piperidine rings is 1. The molecular weight excluding hydrogens is 622 g/mol. The smallest absolute Gasteiger partial charge is 0.407 e. The Labute approximate surface area is 280 Å². The molecule has 0 saturated carbocycles. The predicted molar refractivity (Wildman–Crippen MR) is 176 cm³/mol. The summed E-state index contributed by atoms with van der Waals surface area (Å²) in [5.41, 5.74) is -0.000629. The summed E-state index contributed by atoms with van der Waals surface area (Å²) in [4.78, 5) is 45.7. The average Bonchev–Trinajstić information content (AvgIpc) is 3.67. The van der Waals surface area contributed by atoms with Gasteiger partial charge in [-0.15, -0.1) is 0 Å². The summed E-state index contributed by atoms with van der Waals surface area (Å²) in [6.07, 6.45) is 3.85. The van der Waals surface area contributed by atoms with Crippen LogP contribution in [0.15, 0.2) is 29.0 Å². The highest BCUT2D eigenvalue weighted by Crippen LogP contribution is 2.33. The molecule has 2 aliphatic rings. The summed E-state index contributed by atoms with van der Waals surface area (Å²) in [6, 6.07) is 2.29. The maximum absolute atomic E-state index is 15.1. The first-order chi connectivity index (χ1) is 22.5. The van der Waals surface area contributed by atoms with Crippen LogP contribution < -0.4 is 15.1 Å². The second-order valence-corrected chi connectivity index (χ2v) is 14.6. The summed E-state index contributed by atoms with van der Waals surface area (Å²) in [6.45, 7) is 17.3. The molecule has 2 aliphatic heterocycles. The minimum Gasteiger partial charge on any atom is -0.444 e. The molecule has 0 spiro atoms. The topological polar surface area (TPSA) is 130 Å². The van der Waals surface area contributed by atoms with Gasteiger partial charge in [0.25, 0.3) is 5.91 Å². The number of carbonyl (C=O) groups is 2. The van der Waals surface area contributed by atoms with Crippen molar-refractivity contribution in [2.75, 3.05) is 42.5 Å². The van der Waals surface area contributed by atoms with E-state index >= 15 is 4.39 Å². The molecule has 2 fully saturated rings. The van der Waals surface area contributed by atoms with Crippen molar-refractivity contribution < 1.29 is 27.6 Å². The molecule has 14 heteroatoms. The summed E-state index contributed by atoms with van der Waals surface area (Å²) < 4.78 is 40.1. The van der Waals surface area contributed by atoms with Crippen molar-refractivity contribution in [3.63, 3.8) is 0 Å². The fraction of sp³-hybridized carbons (Fsp3) is 0.588. The van der Waals surface area contributed by atoms with Gasteiger partial charge in [-0.2, -0.15) is 4.98 Å². The number of amides is 2. The van der Waals surface area contributed by atoms with Gasteiger partial charge in [-0.05, 0) is 64.7 Å². The Bertz CT molecular complexity index is 1610. The van der Waals surface area contributed by atoms with Gasteiger partial charge < -0.3 is 29.3 Å². The van der Waals surface area contributed by atoms with E-state index in [4.69, 9.17) is 9.26 Å². The van der Waals surface area contributed by atoms with Crippen LogP contribution in [0.5, 0.6) is 0 Å². The van der Waals surface area contributed by atoms with Gasteiger partial charge in [0.05, 0.1) is 11.6 Å². The Balaban J connectivity index is 1.27. The Kier molecular flexibility index (Phi) is 9.93. The van der Waals surface area contributed by atoms with Gasteiger partial charge in [0.15, 0.2) is 5.82 Å². The van der Waals surface area contributed by atoms with E-state index in [1.807, 2.05) is 37.5 Å². The molecule has 0 radical (unpaired) electrons. The number of aromatic nitrogens is 4. The normalized spacial score (nSPS) is 19.0. The number of nitrogens with zero attached hydrogens (tertiary/aromatic N) is 7. The molecule has 5 rings (SSSR count). The fourth-order valence-electron chi connectivity index (χ4n) is 6.20. The Hall–Kier alpha value is -4.36. The molecule has 12 nitrogen and oxygen atoms in total. The van der Waals surface area contributed by atoms with Crippen LogP contribution in [0, 0.1) is 18.6 Å². The summed E-state index contributed by atoms with van der Waals surface area (Å²) in [5.74, 6) is -1.04. The van der Waals surface area contributed by atoms with Crippen molar-refractivity contribution in [1.29, 1.82) is 0 Å².